The number of carboxylic acids is 1. The lowest BCUT2D eigenvalue weighted by atomic mass is 10.0. The van der Waals surface area contributed by atoms with Crippen LogP contribution in [0.5, 0.6) is 5.75 Å². The fraction of sp³-hybridized carbons (Fsp3) is 0.312. The molecule has 0 aromatic heterocycles. The SMILES string of the molecule is CCCCCCCC(=O)N(C)Cc1cccc(-c2ccc(/C=C/C(=O)O)c(OCc3ccccc3)c2)c1. The Kier molecular flexibility index (Phi) is 11.0. The molecule has 0 heterocycles. The van der Waals surface area contributed by atoms with Gasteiger partial charge in [0.05, 0.1) is 0 Å². The van der Waals surface area contributed by atoms with Crippen molar-refractivity contribution in [3.8, 4) is 16.9 Å². The summed E-state index contributed by atoms with van der Waals surface area (Å²) in [5.41, 5.74) is 4.75. The Morgan fingerprint density at radius 1 is 0.865 bits per heavy atom. The van der Waals surface area contributed by atoms with Gasteiger partial charge in [0.25, 0.3) is 0 Å². The van der Waals surface area contributed by atoms with Crippen LogP contribution in [0.1, 0.15) is 62.1 Å². The van der Waals surface area contributed by atoms with Crippen molar-refractivity contribution in [3.63, 3.8) is 0 Å². The predicted molar refractivity (Wildman–Crippen MR) is 149 cm³/mol. The molecular formula is C32H37NO4. The van der Waals surface area contributed by atoms with Crippen molar-refractivity contribution < 1.29 is 19.4 Å². The molecule has 0 spiro atoms. The standard InChI is InChI=1S/C32H37NO4/c1-3-4-5-6-10-16-31(34)33(2)23-26-14-11-15-28(21-26)29-18-17-27(19-20-32(35)36)30(22-29)37-24-25-12-8-7-9-13-25/h7-9,11-15,17-22H,3-6,10,16,23-24H2,1-2H3,(H,35,36)/b20-19+. The summed E-state index contributed by atoms with van der Waals surface area (Å²) in [7, 11) is 1.86. The Morgan fingerprint density at radius 2 is 1.59 bits per heavy atom. The fourth-order valence-corrected chi connectivity index (χ4v) is 4.15. The predicted octanol–water partition coefficient (Wildman–Crippen LogP) is 7.35. The van der Waals surface area contributed by atoms with Crippen LogP contribution >= 0.6 is 0 Å². The lowest BCUT2D eigenvalue weighted by Crippen LogP contribution is -2.25. The number of rotatable bonds is 14. The Balaban J connectivity index is 1.73. The normalized spacial score (nSPS) is 11.0. The minimum absolute atomic E-state index is 0.174. The molecule has 0 aliphatic carbocycles. The second kappa shape index (κ2) is 14.6. The molecule has 5 nitrogen and oxygen atoms in total. The summed E-state index contributed by atoms with van der Waals surface area (Å²) in [6, 6.07) is 23.8. The highest BCUT2D eigenvalue weighted by Crippen LogP contribution is 2.30. The van der Waals surface area contributed by atoms with Crippen LogP contribution in [0.2, 0.25) is 0 Å². The van der Waals surface area contributed by atoms with E-state index in [1.807, 2.05) is 73.8 Å². The Bertz CT molecular complexity index is 1190. The molecule has 3 rings (SSSR count). The van der Waals surface area contributed by atoms with Crippen molar-refractivity contribution in [2.45, 2.75) is 58.6 Å². The number of nitrogens with zero attached hydrogens (tertiary/aromatic N) is 1. The third kappa shape index (κ3) is 9.26. The van der Waals surface area contributed by atoms with Crippen LogP contribution in [-0.4, -0.2) is 28.9 Å². The zero-order valence-electron chi connectivity index (χ0n) is 21.9. The van der Waals surface area contributed by atoms with Crippen LogP contribution in [0.3, 0.4) is 0 Å². The minimum atomic E-state index is -1.01. The number of carboxylic acid groups (broad SMARTS) is 1. The third-order valence-corrected chi connectivity index (χ3v) is 6.26. The lowest BCUT2D eigenvalue weighted by molar-refractivity contribution is -0.131. The first-order valence-electron chi connectivity index (χ1n) is 13.0. The maximum Gasteiger partial charge on any atom is 0.328 e. The van der Waals surface area contributed by atoms with Crippen molar-refractivity contribution in [2.75, 3.05) is 7.05 Å². The molecule has 194 valence electrons. The molecule has 0 fully saturated rings. The molecule has 0 bridgehead atoms. The highest BCUT2D eigenvalue weighted by molar-refractivity contribution is 5.86. The van der Waals surface area contributed by atoms with Gasteiger partial charge in [0.15, 0.2) is 0 Å². The second-order valence-corrected chi connectivity index (χ2v) is 9.31. The van der Waals surface area contributed by atoms with Crippen molar-refractivity contribution in [1.82, 2.24) is 4.90 Å². The molecule has 1 N–H and O–H groups in total. The number of carbonyl (C=O) groups is 2. The van der Waals surface area contributed by atoms with Crippen LogP contribution in [0.4, 0.5) is 0 Å². The largest absolute Gasteiger partial charge is 0.488 e. The van der Waals surface area contributed by atoms with Gasteiger partial charge >= 0.3 is 5.97 Å². The molecule has 0 radical (unpaired) electrons. The van der Waals surface area contributed by atoms with Crippen LogP contribution < -0.4 is 4.74 Å². The van der Waals surface area contributed by atoms with Crippen LogP contribution in [0.15, 0.2) is 78.9 Å². The van der Waals surface area contributed by atoms with Crippen molar-refractivity contribution >= 4 is 18.0 Å². The molecule has 0 aliphatic heterocycles. The Labute approximate surface area is 220 Å². The molecule has 3 aromatic carbocycles. The molecule has 0 unspecified atom stereocenters. The molecular weight excluding hydrogens is 462 g/mol. The van der Waals surface area contributed by atoms with E-state index in [1.54, 1.807) is 11.0 Å². The Morgan fingerprint density at radius 3 is 2.35 bits per heavy atom. The summed E-state index contributed by atoms with van der Waals surface area (Å²) in [4.78, 5) is 25.4. The first-order valence-corrected chi connectivity index (χ1v) is 13.0. The van der Waals surface area contributed by atoms with E-state index in [-0.39, 0.29) is 5.91 Å². The molecule has 0 saturated heterocycles. The van der Waals surface area contributed by atoms with Gasteiger partial charge < -0.3 is 14.7 Å². The quantitative estimate of drug-likeness (QED) is 0.186. The first-order chi connectivity index (χ1) is 18.0. The number of hydrogen-bond acceptors (Lipinski definition) is 3. The zero-order chi connectivity index (χ0) is 26.5. The van der Waals surface area contributed by atoms with E-state index in [1.165, 1.54) is 19.3 Å². The van der Waals surface area contributed by atoms with Crippen molar-refractivity contribution in [2.24, 2.45) is 0 Å². The van der Waals surface area contributed by atoms with E-state index in [2.05, 4.69) is 13.0 Å². The van der Waals surface area contributed by atoms with Crippen molar-refractivity contribution in [3.05, 3.63) is 95.6 Å². The summed E-state index contributed by atoms with van der Waals surface area (Å²) >= 11 is 0. The van der Waals surface area contributed by atoms with E-state index < -0.39 is 5.97 Å². The lowest BCUT2D eigenvalue weighted by Gasteiger charge is -2.18. The van der Waals surface area contributed by atoms with E-state index >= 15 is 0 Å². The number of aliphatic carboxylic acids is 1. The van der Waals surface area contributed by atoms with Crippen LogP contribution in [0, 0.1) is 0 Å². The van der Waals surface area contributed by atoms with Gasteiger partial charge in [-0.3, -0.25) is 4.79 Å². The maximum atomic E-state index is 12.6. The number of hydrogen-bond donors (Lipinski definition) is 1. The summed E-state index contributed by atoms with van der Waals surface area (Å²) in [6.07, 6.45) is 8.92. The molecule has 3 aromatic rings. The van der Waals surface area contributed by atoms with Gasteiger partial charge in [0.1, 0.15) is 12.4 Å². The van der Waals surface area contributed by atoms with E-state index in [0.29, 0.717) is 30.9 Å². The highest BCUT2D eigenvalue weighted by atomic mass is 16.5. The highest BCUT2D eigenvalue weighted by Gasteiger charge is 2.11. The summed E-state index contributed by atoms with van der Waals surface area (Å²) in [5.74, 6) is -0.224. The zero-order valence-corrected chi connectivity index (χ0v) is 21.9. The first kappa shape index (κ1) is 27.7. The summed E-state index contributed by atoms with van der Waals surface area (Å²) in [5, 5.41) is 9.07. The van der Waals surface area contributed by atoms with Gasteiger partial charge in [-0.2, -0.15) is 0 Å². The Hall–Kier alpha value is -3.86. The molecule has 0 atom stereocenters. The number of ether oxygens (including phenoxy) is 1. The topological polar surface area (TPSA) is 66.8 Å². The van der Waals surface area contributed by atoms with Crippen LogP contribution in [-0.2, 0) is 22.7 Å². The smallest absolute Gasteiger partial charge is 0.328 e. The van der Waals surface area contributed by atoms with Gasteiger partial charge in [-0.15, -0.1) is 0 Å². The van der Waals surface area contributed by atoms with Gasteiger partial charge in [-0.05, 0) is 46.9 Å². The average Bonchev–Trinajstić information content (AvgIpc) is 2.91. The number of amides is 1. The van der Waals surface area contributed by atoms with Gasteiger partial charge in [-0.1, -0.05) is 93.3 Å². The van der Waals surface area contributed by atoms with E-state index in [4.69, 9.17) is 9.84 Å². The number of unbranched alkanes of at least 4 members (excludes halogenated alkanes) is 4. The van der Waals surface area contributed by atoms with Crippen LogP contribution in [0.25, 0.3) is 17.2 Å². The summed E-state index contributed by atoms with van der Waals surface area (Å²) < 4.78 is 6.11. The molecule has 1 amide bonds. The molecule has 5 heteroatoms. The third-order valence-electron chi connectivity index (χ3n) is 6.26. The monoisotopic (exact) mass is 499 g/mol. The summed E-state index contributed by atoms with van der Waals surface area (Å²) in [6.45, 7) is 3.12. The fourth-order valence-electron chi connectivity index (χ4n) is 4.15. The molecule has 0 aliphatic rings. The molecule has 37 heavy (non-hydrogen) atoms. The number of benzene rings is 3. The second-order valence-electron chi connectivity index (χ2n) is 9.31. The van der Waals surface area contributed by atoms with Gasteiger partial charge in [0, 0.05) is 31.7 Å². The van der Waals surface area contributed by atoms with E-state index in [0.717, 1.165) is 41.2 Å². The van der Waals surface area contributed by atoms with Gasteiger partial charge in [-0.25, -0.2) is 4.79 Å². The average molecular weight is 500 g/mol. The van der Waals surface area contributed by atoms with E-state index in [9.17, 15) is 9.59 Å². The number of carbonyl (C=O) groups excluding carboxylic acids is 1. The maximum absolute atomic E-state index is 12.6. The van der Waals surface area contributed by atoms with Crippen molar-refractivity contribution in [1.29, 1.82) is 0 Å². The molecule has 0 saturated carbocycles. The van der Waals surface area contributed by atoms with Gasteiger partial charge in [0.2, 0.25) is 5.91 Å². The minimum Gasteiger partial charge on any atom is -0.488 e.